The molecular weight excluding hydrogens is 851 g/mol. The molecule has 0 atom stereocenters. The maximum absolute atomic E-state index is 6.62. The maximum Gasteiger partial charge on any atom is 0.135 e. The quantitative estimate of drug-likeness (QED) is 0.152. The topological polar surface area (TPSA) is 26.2 Å². The first kappa shape index (κ1) is 39.8. The average molecular weight is 894 g/mol. The van der Waals surface area contributed by atoms with Crippen LogP contribution in [-0.4, -0.2) is 9.13 Å². The highest BCUT2D eigenvalue weighted by Crippen LogP contribution is 2.44. The van der Waals surface area contributed by atoms with Crippen LogP contribution in [0.25, 0.3) is 110 Å². The molecule has 0 fully saturated rings. The number of furan rings is 1. The fourth-order valence-electron chi connectivity index (χ4n) is 10.9. The van der Waals surface area contributed by atoms with E-state index in [0.717, 1.165) is 83.7 Å². The molecule has 0 saturated heterocycles. The van der Waals surface area contributed by atoms with Crippen molar-refractivity contribution in [3.05, 3.63) is 261 Å². The van der Waals surface area contributed by atoms with Gasteiger partial charge in [-0.25, -0.2) is 0 Å². The largest absolute Gasteiger partial charge is 0.456 e. The first-order valence-electron chi connectivity index (χ1n) is 23.9. The van der Waals surface area contributed by atoms with Crippen molar-refractivity contribution in [3.8, 4) is 44.8 Å². The lowest BCUT2D eigenvalue weighted by Crippen LogP contribution is -2.11. The number of hydrogen-bond donors (Lipinski definition) is 0. The van der Waals surface area contributed by atoms with Gasteiger partial charge in [-0.3, -0.25) is 0 Å². The molecule has 4 heteroatoms. The smallest absolute Gasteiger partial charge is 0.135 e. The van der Waals surface area contributed by atoms with Crippen molar-refractivity contribution < 1.29 is 4.42 Å². The van der Waals surface area contributed by atoms with Crippen molar-refractivity contribution in [2.45, 2.75) is 0 Å². The molecule has 3 heterocycles. The third kappa shape index (κ3) is 6.53. The van der Waals surface area contributed by atoms with E-state index in [-0.39, 0.29) is 0 Å². The summed E-state index contributed by atoms with van der Waals surface area (Å²) in [6.45, 7) is 0. The highest BCUT2D eigenvalue weighted by molar-refractivity contribution is 6.12. The Kier molecular flexibility index (Phi) is 9.17. The van der Waals surface area contributed by atoms with Gasteiger partial charge < -0.3 is 18.5 Å². The van der Waals surface area contributed by atoms with E-state index in [1.807, 2.05) is 0 Å². The van der Waals surface area contributed by atoms with Gasteiger partial charge >= 0.3 is 0 Å². The van der Waals surface area contributed by atoms with Crippen LogP contribution in [0.2, 0.25) is 0 Å². The number of aromatic nitrogens is 2. The fraction of sp³-hybridized carbons (Fsp3) is 0. The lowest BCUT2D eigenvalue weighted by Gasteiger charge is -2.28. The maximum atomic E-state index is 6.62. The molecule has 0 aliphatic heterocycles. The molecule has 14 aromatic rings. The molecule has 0 N–H and O–H groups in total. The fourth-order valence-corrected chi connectivity index (χ4v) is 10.9. The van der Waals surface area contributed by atoms with Crippen LogP contribution in [0.4, 0.5) is 17.1 Å². The molecule has 14 rings (SSSR count). The summed E-state index contributed by atoms with van der Waals surface area (Å²) >= 11 is 0. The lowest BCUT2D eigenvalue weighted by atomic mass is 9.99. The van der Waals surface area contributed by atoms with Crippen molar-refractivity contribution in [1.29, 1.82) is 0 Å². The van der Waals surface area contributed by atoms with Crippen molar-refractivity contribution >= 4 is 82.6 Å². The van der Waals surface area contributed by atoms with E-state index in [9.17, 15) is 0 Å². The molecule has 4 nitrogen and oxygen atoms in total. The number of nitrogens with zero attached hydrogens (tertiary/aromatic N) is 3. The minimum atomic E-state index is 0.856. The molecule has 0 aliphatic carbocycles. The minimum Gasteiger partial charge on any atom is -0.456 e. The predicted molar refractivity (Wildman–Crippen MR) is 293 cm³/mol. The monoisotopic (exact) mass is 893 g/mol. The number of hydrogen-bond acceptors (Lipinski definition) is 2. The molecule has 0 unspecified atom stereocenters. The Labute approximate surface area is 404 Å². The molecule has 3 aromatic heterocycles. The van der Waals surface area contributed by atoms with E-state index in [4.69, 9.17) is 4.42 Å². The molecule has 0 spiro atoms. The van der Waals surface area contributed by atoms with Gasteiger partial charge in [0.2, 0.25) is 0 Å². The summed E-state index contributed by atoms with van der Waals surface area (Å²) < 4.78 is 11.4. The zero-order chi connectivity index (χ0) is 46.1. The zero-order valence-electron chi connectivity index (χ0n) is 38.1. The number of anilines is 3. The number of para-hydroxylation sites is 4. The number of benzene rings is 11. The first-order chi connectivity index (χ1) is 34.7. The summed E-state index contributed by atoms with van der Waals surface area (Å²) in [5.41, 5.74) is 18.5. The first-order valence-corrected chi connectivity index (χ1v) is 23.9. The molecule has 0 saturated carbocycles. The van der Waals surface area contributed by atoms with Crippen molar-refractivity contribution in [2.75, 3.05) is 4.90 Å². The van der Waals surface area contributed by atoms with E-state index in [1.54, 1.807) is 0 Å². The van der Waals surface area contributed by atoms with Gasteiger partial charge in [-0.05, 0) is 130 Å². The molecule has 0 radical (unpaired) electrons. The van der Waals surface area contributed by atoms with E-state index < -0.39 is 0 Å². The summed E-state index contributed by atoms with van der Waals surface area (Å²) in [4.78, 5) is 2.42. The van der Waals surface area contributed by atoms with Crippen LogP contribution < -0.4 is 4.90 Å². The molecule has 70 heavy (non-hydrogen) atoms. The van der Waals surface area contributed by atoms with E-state index in [1.165, 1.54) is 43.7 Å². The second kappa shape index (κ2) is 16.2. The van der Waals surface area contributed by atoms with Crippen LogP contribution in [-0.2, 0) is 0 Å². The Morgan fingerprint density at radius 2 is 0.657 bits per heavy atom. The summed E-state index contributed by atoms with van der Waals surface area (Å²) in [7, 11) is 0. The van der Waals surface area contributed by atoms with Crippen LogP contribution in [0.15, 0.2) is 265 Å². The molecule has 0 amide bonds. The van der Waals surface area contributed by atoms with Gasteiger partial charge in [-0.1, -0.05) is 164 Å². The molecular formula is C66H43N3O. The number of fused-ring (bicyclic) bond motifs is 9. The van der Waals surface area contributed by atoms with Crippen LogP contribution >= 0.6 is 0 Å². The Bertz CT molecular complexity index is 4120. The lowest BCUT2D eigenvalue weighted by molar-refractivity contribution is 0.669. The Hall–Kier alpha value is -9.38. The van der Waals surface area contributed by atoms with E-state index in [0.29, 0.717) is 0 Å². The summed E-state index contributed by atoms with van der Waals surface area (Å²) in [5.74, 6) is 0. The molecule has 11 aromatic carbocycles. The summed E-state index contributed by atoms with van der Waals surface area (Å²) in [6, 6.07) is 94.4. The van der Waals surface area contributed by atoms with Crippen LogP contribution in [0.5, 0.6) is 0 Å². The van der Waals surface area contributed by atoms with Crippen molar-refractivity contribution in [1.82, 2.24) is 9.13 Å². The van der Waals surface area contributed by atoms with Crippen molar-refractivity contribution in [3.63, 3.8) is 0 Å². The zero-order valence-corrected chi connectivity index (χ0v) is 38.1. The van der Waals surface area contributed by atoms with Gasteiger partial charge in [0.25, 0.3) is 0 Å². The van der Waals surface area contributed by atoms with Gasteiger partial charge in [0.05, 0.1) is 22.1 Å². The second-order valence-electron chi connectivity index (χ2n) is 18.1. The highest BCUT2D eigenvalue weighted by atomic mass is 16.3. The van der Waals surface area contributed by atoms with Gasteiger partial charge in [-0.15, -0.1) is 0 Å². The van der Waals surface area contributed by atoms with E-state index >= 15 is 0 Å². The third-order valence-corrected chi connectivity index (χ3v) is 14.0. The normalized spacial score (nSPS) is 11.7. The third-order valence-electron chi connectivity index (χ3n) is 14.0. The minimum absolute atomic E-state index is 0.856. The number of rotatable bonds is 8. The van der Waals surface area contributed by atoms with Crippen LogP contribution in [0.3, 0.4) is 0 Å². The Morgan fingerprint density at radius 1 is 0.243 bits per heavy atom. The van der Waals surface area contributed by atoms with Gasteiger partial charge in [-0.2, -0.15) is 0 Å². The SMILES string of the molecule is c1ccc(-c2cccc(N(c3cccc(-c4ccccc4)c3)c3cc(-c4ccc5oc6ccc(-n7c8ccccc8c8ccccc87)cc6c5c4)cc(-n4c5ccccc5c5ccccc54)c3)c2)cc1. The standard InChI is InChI=1S/C66H43N3O/c1-3-17-44(18-4-1)46-21-15-23-50(37-46)67(51-24-16-22-47(38-51)45-19-5-2-6-20-45)53-39-49(40-54(42-53)69-63-31-13-9-27-57(63)58-28-10-14-32-64(58)69)48-33-35-65-59(41-48)60-43-52(34-36-66(60)70-65)68-61-29-11-7-25-55(61)56-26-8-12-30-62(56)68/h1-43H. The molecule has 0 bridgehead atoms. The molecule has 328 valence electrons. The molecule has 0 aliphatic rings. The Balaban J connectivity index is 1.01. The van der Waals surface area contributed by atoms with Gasteiger partial charge in [0.1, 0.15) is 11.2 Å². The van der Waals surface area contributed by atoms with Crippen LogP contribution in [0.1, 0.15) is 0 Å². The van der Waals surface area contributed by atoms with Gasteiger partial charge in [0, 0.05) is 60.8 Å². The highest BCUT2D eigenvalue weighted by Gasteiger charge is 2.21. The Morgan fingerprint density at radius 3 is 1.19 bits per heavy atom. The predicted octanol–water partition coefficient (Wildman–Crippen LogP) is 18.3. The summed E-state index contributed by atoms with van der Waals surface area (Å²) in [6.07, 6.45) is 0. The van der Waals surface area contributed by atoms with Gasteiger partial charge in [0.15, 0.2) is 0 Å². The van der Waals surface area contributed by atoms with Crippen molar-refractivity contribution in [2.24, 2.45) is 0 Å². The van der Waals surface area contributed by atoms with E-state index in [2.05, 4.69) is 275 Å². The summed E-state index contributed by atoms with van der Waals surface area (Å²) in [5, 5.41) is 7.07. The second-order valence-corrected chi connectivity index (χ2v) is 18.1. The average Bonchev–Trinajstić information content (AvgIpc) is 4.09. The van der Waals surface area contributed by atoms with Crippen LogP contribution in [0, 0.1) is 0 Å².